The number of benzene rings is 1. The van der Waals surface area contributed by atoms with Crippen LogP contribution in [0.25, 0.3) is 10.9 Å². The van der Waals surface area contributed by atoms with Gasteiger partial charge in [0.1, 0.15) is 6.04 Å². The van der Waals surface area contributed by atoms with Crippen LogP contribution in [0.15, 0.2) is 59.9 Å². The number of hydrogen-bond donors (Lipinski definition) is 0. The number of aryl methyl sites for hydroxylation is 1. The second-order valence-electron chi connectivity index (χ2n) is 7.22. The quantitative estimate of drug-likeness (QED) is 0.640. The van der Waals surface area contributed by atoms with Crippen molar-refractivity contribution in [1.82, 2.24) is 14.5 Å². The highest BCUT2D eigenvalue weighted by Gasteiger charge is 2.46. The van der Waals surface area contributed by atoms with Crippen molar-refractivity contribution in [1.29, 1.82) is 0 Å². The summed E-state index contributed by atoms with van der Waals surface area (Å²) in [7, 11) is 0. The van der Waals surface area contributed by atoms with E-state index < -0.39 is 0 Å². The summed E-state index contributed by atoms with van der Waals surface area (Å²) >= 11 is 1.90. The van der Waals surface area contributed by atoms with Gasteiger partial charge < -0.3 is 9.47 Å². The minimum Gasteiger partial charge on any atom is -0.347 e. The minimum atomic E-state index is 0.0548. The molecule has 2 aliphatic rings. The van der Waals surface area contributed by atoms with Gasteiger partial charge in [0.15, 0.2) is 5.17 Å². The van der Waals surface area contributed by atoms with Crippen LogP contribution < -0.4 is 0 Å². The van der Waals surface area contributed by atoms with Crippen molar-refractivity contribution in [2.45, 2.75) is 44.9 Å². The maximum absolute atomic E-state index is 5.15. The van der Waals surface area contributed by atoms with E-state index in [4.69, 9.17) is 4.99 Å². The topological polar surface area (TPSA) is 33.4 Å². The predicted molar refractivity (Wildman–Crippen MR) is 113 cm³/mol. The standard InChI is InChI=1S/C22H24N4S/c1-3-15-14-27-22-24-20(18-10-7-8-12-23-18)21(26(15)22)17-13-25(4-2)19-11-6-5-9-16(17)19/h5-13,15,20-21H,3-4,14H2,1-2H3/t15-,20+,21-/m1/s1. The summed E-state index contributed by atoms with van der Waals surface area (Å²) in [4.78, 5) is 12.4. The molecule has 138 valence electrons. The van der Waals surface area contributed by atoms with Crippen molar-refractivity contribution in [2.24, 2.45) is 4.99 Å². The number of hydrogen-bond acceptors (Lipinski definition) is 4. The first-order valence-electron chi connectivity index (χ1n) is 9.79. The fourth-order valence-electron chi connectivity index (χ4n) is 4.46. The predicted octanol–water partition coefficient (Wildman–Crippen LogP) is 5.04. The maximum atomic E-state index is 5.15. The molecular formula is C22H24N4S. The summed E-state index contributed by atoms with van der Waals surface area (Å²) in [5.41, 5.74) is 3.75. The number of aromatic nitrogens is 2. The van der Waals surface area contributed by atoms with Crippen molar-refractivity contribution < 1.29 is 0 Å². The van der Waals surface area contributed by atoms with E-state index in [1.54, 1.807) is 0 Å². The first kappa shape index (κ1) is 16.9. The van der Waals surface area contributed by atoms with Crippen LogP contribution in [0.4, 0.5) is 0 Å². The van der Waals surface area contributed by atoms with Gasteiger partial charge in [-0.2, -0.15) is 0 Å². The molecule has 0 bridgehead atoms. The van der Waals surface area contributed by atoms with Crippen LogP contribution in [0.1, 0.15) is 43.6 Å². The monoisotopic (exact) mass is 376 g/mol. The van der Waals surface area contributed by atoms with Crippen molar-refractivity contribution in [3.05, 3.63) is 66.1 Å². The molecule has 0 saturated carbocycles. The number of thioether (sulfide) groups is 1. The highest BCUT2D eigenvalue weighted by molar-refractivity contribution is 8.14. The fraction of sp³-hybridized carbons (Fsp3) is 0.364. The maximum Gasteiger partial charge on any atom is 0.160 e. The number of fused-ring (bicyclic) bond motifs is 2. The lowest BCUT2D eigenvalue weighted by Crippen LogP contribution is -2.35. The summed E-state index contributed by atoms with van der Waals surface area (Å²) < 4.78 is 2.36. The molecule has 1 saturated heterocycles. The van der Waals surface area contributed by atoms with Gasteiger partial charge in [0.05, 0.1) is 11.7 Å². The SMILES string of the molecule is CC[C@@H]1CSC2=N[C@@H](c3ccccn3)[C@@H](c3cn(CC)c4ccccc34)N21. The number of aliphatic imine (C=N–C) groups is 1. The molecule has 27 heavy (non-hydrogen) atoms. The highest BCUT2D eigenvalue weighted by atomic mass is 32.2. The Morgan fingerprint density at radius 3 is 2.74 bits per heavy atom. The molecular weight excluding hydrogens is 352 g/mol. The van der Waals surface area contributed by atoms with Gasteiger partial charge in [0, 0.05) is 47.2 Å². The third kappa shape index (κ3) is 2.59. The molecule has 0 amide bonds. The molecule has 1 aromatic carbocycles. The summed E-state index contributed by atoms with van der Waals surface area (Å²) in [5, 5.41) is 2.53. The van der Waals surface area contributed by atoms with Crippen LogP contribution in [-0.4, -0.2) is 31.4 Å². The zero-order chi connectivity index (χ0) is 18.4. The number of nitrogens with zero attached hydrogens (tertiary/aromatic N) is 4. The number of para-hydroxylation sites is 1. The van der Waals surface area contributed by atoms with E-state index in [2.05, 4.69) is 70.9 Å². The van der Waals surface area contributed by atoms with Gasteiger partial charge in [-0.1, -0.05) is 43.0 Å². The second-order valence-corrected chi connectivity index (χ2v) is 8.21. The van der Waals surface area contributed by atoms with E-state index in [1.807, 2.05) is 24.0 Å². The van der Waals surface area contributed by atoms with Crippen LogP contribution in [-0.2, 0) is 6.54 Å². The van der Waals surface area contributed by atoms with Gasteiger partial charge in [-0.15, -0.1) is 0 Å². The molecule has 0 spiro atoms. The molecule has 3 atom stereocenters. The third-order valence-electron chi connectivity index (χ3n) is 5.81. The van der Waals surface area contributed by atoms with Gasteiger partial charge in [0.2, 0.25) is 0 Å². The molecule has 0 aliphatic carbocycles. The lowest BCUT2D eigenvalue weighted by Gasteiger charge is -2.31. The molecule has 0 unspecified atom stereocenters. The lowest BCUT2D eigenvalue weighted by molar-refractivity contribution is 0.256. The largest absolute Gasteiger partial charge is 0.347 e. The van der Waals surface area contributed by atoms with Crippen LogP contribution in [0.2, 0.25) is 0 Å². The van der Waals surface area contributed by atoms with Gasteiger partial charge in [-0.3, -0.25) is 9.98 Å². The van der Waals surface area contributed by atoms with Crippen LogP contribution in [0.3, 0.4) is 0 Å². The summed E-state index contributed by atoms with van der Waals surface area (Å²) in [6.45, 7) is 5.47. The smallest absolute Gasteiger partial charge is 0.160 e. The molecule has 4 nitrogen and oxygen atoms in total. The molecule has 5 heteroatoms. The second kappa shape index (κ2) is 6.71. The van der Waals surface area contributed by atoms with Gasteiger partial charge >= 0.3 is 0 Å². The summed E-state index contributed by atoms with van der Waals surface area (Å²) in [5.74, 6) is 1.13. The summed E-state index contributed by atoms with van der Waals surface area (Å²) in [6.07, 6.45) is 5.37. The first-order valence-corrected chi connectivity index (χ1v) is 10.8. The van der Waals surface area contributed by atoms with E-state index in [0.717, 1.165) is 24.4 Å². The molecule has 0 N–H and O–H groups in total. The van der Waals surface area contributed by atoms with Crippen LogP contribution in [0, 0.1) is 0 Å². The molecule has 4 heterocycles. The van der Waals surface area contributed by atoms with E-state index in [1.165, 1.54) is 21.6 Å². The highest BCUT2D eigenvalue weighted by Crippen LogP contribution is 2.50. The normalized spacial score (nSPS) is 24.4. The lowest BCUT2D eigenvalue weighted by atomic mass is 9.95. The Hall–Kier alpha value is -2.27. The fourth-order valence-corrected chi connectivity index (χ4v) is 5.80. The van der Waals surface area contributed by atoms with Crippen molar-refractivity contribution >= 4 is 27.8 Å². The third-order valence-corrected chi connectivity index (χ3v) is 6.93. The Kier molecular flexibility index (Phi) is 4.20. The Morgan fingerprint density at radius 2 is 1.96 bits per heavy atom. The van der Waals surface area contributed by atoms with Gasteiger partial charge in [-0.25, -0.2) is 0 Å². The summed E-state index contributed by atoms with van der Waals surface area (Å²) in [6, 6.07) is 15.7. The van der Waals surface area contributed by atoms with E-state index in [9.17, 15) is 0 Å². The molecule has 2 aromatic heterocycles. The van der Waals surface area contributed by atoms with Crippen molar-refractivity contribution in [3.8, 4) is 0 Å². The molecule has 5 rings (SSSR count). The number of rotatable bonds is 4. The van der Waals surface area contributed by atoms with E-state index in [-0.39, 0.29) is 12.1 Å². The molecule has 1 fully saturated rings. The zero-order valence-corrected chi connectivity index (χ0v) is 16.6. The Bertz CT molecular complexity index is 994. The average molecular weight is 377 g/mol. The molecule has 0 radical (unpaired) electrons. The Morgan fingerprint density at radius 1 is 1.11 bits per heavy atom. The van der Waals surface area contributed by atoms with Gasteiger partial charge in [-0.05, 0) is 31.5 Å². The van der Waals surface area contributed by atoms with Gasteiger partial charge in [0.25, 0.3) is 0 Å². The molecule has 3 aromatic rings. The van der Waals surface area contributed by atoms with Crippen LogP contribution in [0.5, 0.6) is 0 Å². The minimum absolute atomic E-state index is 0.0548. The number of pyridine rings is 1. The zero-order valence-electron chi connectivity index (χ0n) is 15.7. The Labute approximate surface area is 164 Å². The van der Waals surface area contributed by atoms with Crippen molar-refractivity contribution in [2.75, 3.05) is 5.75 Å². The van der Waals surface area contributed by atoms with E-state index >= 15 is 0 Å². The number of amidine groups is 1. The van der Waals surface area contributed by atoms with Crippen molar-refractivity contribution in [3.63, 3.8) is 0 Å². The Balaban J connectivity index is 1.70. The average Bonchev–Trinajstić information content (AvgIpc) is 3.39. The van der Waals surface area contributed by atoms with Crippen LogP contribution >= 0.6 is 11.8 Å². The first-order chi connectivity index (χ1) is 13.3. The molecule has 2 aliphatic heterocycles. The van der Waals surface area contributed by atoms with E-state index in [0.29, 0.717) is 6.04 Å².